The molecule has 0 bridgehead atoms. The molecule has 2 aromatic carbocycles. The molecule has 0 unspecified atom stereocenters. The molecule has 174 valence electrons. The topological polar surface area (TPSA) is 79.7 Å². The van der Waals surface area contributed by atoms with Crippen molar-refractivity contribution in [2.24, 2.45) is 0 Å². The normalized spacial score (nSPS) is 13.9. The summed E-state index contributed by atoms with van der Waals surface area (Å²) in [4.78, 5) is 31.0. The molecule has 0 aromatic heterocycles. The lowest BCUT2D eigenvalue weighted by Crippen LogP contribution is -2.48. The second kappa shape index (κ2) is 12.6. The zero-order chi connectivity index (χ0) is 23.5. The first-order valence-electron chi connectivity index (χ1n) is 11.3. The molecule has 1 heterocycles. The molecule has 1 N–H and O–H groups in total. The average molecular weight is 452 g/mol. The zero-order valence-corrected chi connectivity index (χ0v) is 18.8. The van der Waals surface area contributed by atoms with Crippen LogP contribution in [0.1, 0.15) is 19.3 Å². The summed E-state index contributed by atoms with van der Waals surface area (Å²) >= 11 is 0. The molecule has 2 aromatic rings. The largest absolute Gasteiger partial charge is 0.369 e. The van der Waals surface area contributed by atoms with Crippen molar-refractivity contribution in [2.75, 3.05) is 55.6 Å². The second-order valence-electron chi connectivity index (χ2n) is 7.94. The van der Waals surface area contributed by atoms with Gasteiger partial charge in [-0.1, -0.05) is 18.2 Å². The standard InChI is InChI=1S/C25H30FN5O2/c26-21-7-9-22(10-8-21)30-19-17-29(18-20-30)16-14-28-24(32)11-12-25(33)31(15-4-13-27)23-5-2-1-3-6-23/h1-3,5-10H,4,11-12,14-20H2,(H,28,32). The molecule has 1 aliphatic rings. The lowest BCUT2D eigenvalue weighted by atomic mass is 10.2. The third-order valence-electron chi connectivity index (χ3n) is 5.70. The summed E-state index contributed by atoms with van der Waals surface area (Å²) in [5.74, 6) is -0.546. The summed E-state index contributed by atoms with van der Waals surface area (Å²) in [6, 6.07) is 17.8. The fourth-order valence-corrected chi connectivity index (χ4v) is 3.85. The zero-order valence-electron chi connectivity index (χ0n) is 18.8. The van der Waals surface area contributed by atoms with Crippen molar-refractivity contribution in [3.8, 4) is 6.07 Å². The van der Waals surface area contributed by atoms with Crippen molar-refractivity contribution < 1.29 is 14.0 Å². The highest BCUT2D eigenvalue weighted by atomic mass is 19.1. The first-order chi connectivity index (χ1) is 16.1. The lowest BCUT2D eigenvalue weighted by molar-refractivity contribution is -0.125. The minimum atomic E-state index is -0.232. The number of hydrogen-bond donors (Lipinski definition) is 1. The van der Waals surface area contributed by atoms with Gasteiger partial charge in [-0.15, -0.1) is 0 Å². The van der Waals surface area contributed by atoms with E-state index in [2.05, 4.69) is 21.2 Å². The Bertz CT molecular complexity index is 938. The van der Waals surface area contributed by atoms with Crippen molar-refractivity contribution >= 4 is 23.2 Å². The van der Waals surface area contributed by atoms with E-state index in [1.165, 1.54) is 12.1 Å². The minimum absolute atomic E-state index is 0.0997. The molecule has 0 saturated carbocycles. The number of nitrogens with zero attached hydrogens (tertiary/aromatic N) is 4. The third kappa shape index (κ3) is 7.58. The first kappa shape index (κ1) is 24.2. The number of rotatable bonds is 10. The molecule has 0 atom stereocenters. The van der Waals surface area contributed by atoms with Gasteiger partial charge in [0.2, 0.25) is 11.8 Å². The van der Waals surface area contributed by atoms with Gasteiger partial charge in [0.1, 0.15) is 5.82 Å². The van der Waals surface area contributed by atoms with Crippen LogP contribution in [0.5, 0.6) is 0 Å². The number of carbonyl (C=O) groups is 2. The van der Waals surface area contributed by atoms with Gasteiger partial charge in [-0.25, -0.2) is 4.39 Å². The maximum Gasteiger partial charge on any atom is 0.227 e. The number of halogens is 1. The van der Waals surface area contributed by atoms with Gasteiger partial charge in [0.05, 0.1) is 12.5 Å². The number of piperazine rings is 1. The van der Waals surface area contributed by atoms with E-state index in [1.807, 2.05) is 30.3 Å². The predicted octanol–water partition coefficient (Wildman–Crippen LogP) is 2.79. The van der Waals surface area contributed by atoms with E-state index in [9.17, 15) is 14.0 Å². The Morgan fingerprint density at radius 3 is 2.36 bits per heavy atom. The van der Waals surface area contributed by atoms with Gasteiger partial charge < -0.3 is 15.1 Å². The van der Waals surface area contributed by atoms with Crippen molar-refractivity contribution in [1.82, 2.24) is 10.2 Å². The highest BCUT2D eigenvalue weighted by Crippen LogP contribution is 2.17. The number of anilines is 2. The molecule has 0 radical (unpaired) electrons. The molecule has 2 amide bonds. The van der Waals surface area contributed by atoms with E-state index in [1.54, 1.807) is 17.0 Å². The SMILES string of the molecule is N#CCCN(C(=O)CCC(=O)NCCN1CCN(c2ccc(F)cc2)CC1)c1ccccc1. The summed E-state index contributed by atoms with van der Waals surface area (Å²) in [6.07, 6.45) is 0.455. The Morgan fingerprint density at radius 2 is 1.70 bits per heavy atom. The number of carbonyl (C=O) groups excluding carboxylic acids is 2. The fraction of sp³-hybridized carbons (Fsp3) is 0.400. The van der Waals surface area contributed by atoms with Crippen molar-refractivity contribution in [2.45, 2.75) is 19.3 Å². The number of amides is 2. The summed E-state index contributed by atoms with van der Waals surface area (Å²) < 4.78 is 13.1. The van der Waals surface area contributed by atoms with E-state index in [0.29, 0.717) is 13.1 Å². The summed E-state index contributed by atoms with van der Waals surface area (Å²) in [5.41, 5.74) is 1.76. The average Bonchev–Trinajstić information content (AvgIpc) is 2.84. The molecule has 1 aliphatic heterocycles. The molecule has 1 fully saturated rings. The van der Waals surface area contributed by atoms with Crippen LogP contribution in [0.2, 0.25) is 0 Å². The van der Waals surface area contributed by atoms with Crippen molar-refractivity contribution in [3.63, 3.8) is 0 Å². The number of para-hydroxylation sites is 1. The molecule has 0 spiro atoms. The third-order valence-corrected chi connectivity index (χ3v) is 5.70. The summed E-state index contributed by atoms with van der Waals surface area (Å²) in [7, 11) is 0. The molecule has 3 rings (SSSR count). The maximum atomic E-state index is 13.1. The summed E-state index contributed by atoms with van der Waals surface area (Å²) in [5, 5.41) is 11.8. The van der Waals surface area contributed by atoms with E-state index in [-0.39, 0.29) is 36.9 Å². The summed E-state index contributed by atoms with van der Waals surface area (Å²) in [6.45, 7) is 5.03. The van der Waals surface area contributed by atoms with Gasteiger partial charge >= 0.3 is 0 Å². The van der Waals surface area contributed by atoms with Gasteiger partial charge in [0, 0.05) is 70.0 Å². The van der Waals surface area contributed by atoms with Crippen LogP contribution in [0.15, 0.2) is 54.6 Å². The second-order valence-corrected chi connectivity index (χ2v) is 7.94. The Balaban J connectivity index is 1.35. The lowest BCUT2D eigenvalue weighted by Gasteiger charge is -2.36. The molecule has 8 heteroatoms. The van der Waals surface area contributed by atoms with Gasteiger partial charge in [0.25, 0.3) is 0 Å². The smallest absolute Gasteiger partial charge is 0.227 e. The van der Waals surface area contributed by atoms with Gasteiger partial charge in [-0.05, 0) is 36.4 Å². The number of nitrogens with one attached hydrogen (secondary N) is 1. The van der Waals surface area contributed by atoms with Crippen LogP contribution in [0.4, 0.5) is 15.8 Å². The highest BCUT2D eigenvalue weighted by Gasteiger charge is 2.18. The molecular weight excluding hydrogens is 421 g/mol. The maximum absolute atomic E-state index is 13.1. The first-order valence-corrected chi connectivity index (χ1v) is 11.3. The fourth-order valence-electron chi connectivity index (χ4n) is 3.85. The van der Waals surface area contributed by atoms with Crippen LogP contribution in [0.3, 0.4) is 0 Å². The molecule has 1 saturated heterocycles. The molecule has 33 heavy (non-hydrogen) atoms. The van der Waals surface area contributed by atoms with E-state index in [0.717, 1.165) is 44.1 Å². The quantitative estimate of drug-likeness (QED) is 0.601. The van der Waals surface area contributed by atoms with Crippen molar-refractivity contribution in [1.29, 1.82) is 5.26 Å². The Morgan fingerprint density at radius 1 is 1.00 bits per heavy atom. The van der Waals surface area contributed by atoms with E-state index >= 15 is 0 Å². The monoisotopic (exact) mass is 451 g/mol. The molecular formula is C25H30FN5O2. The van der Waals surface area contributed by atoms with Crippen LogP contribution >= 0.6 is 0 Å². The van der Waals surface area contributed by atoms with Crippen LogP contribution in [0.25, 0.3) is 0 Å². The molecule has 0 aliphatic carbocycles. The van der Waals surface area contributed by atoms with Crippen molar-refractivity contribution in [3.05, 3.63) is 60.4 Å². The van der Waals surface area contributed by atoms with Crippen LogP contribution in [0, 0.1) is 17.1 Å². The minimum Gasteiger partial charge on any atom is -0.369 e. The Hall–Kier alpha value is -3.44. The number of benzene rings is 2. The number of hydrogen-bond acceptors (Lipinski definition) is 5. The van der Waals surface area contributed by atoms with Gasteiger partial charge in [0.15, 0.2) is 0 Å². The Labute approximate surface area is 194 Å². The van der Waals surface area contributed by atoms with Crippen LogP contribution in [-0.2, 0) is 9.59 Å². The van der Waals surface area contributed by atoms with E-state index in [4.69, 9.17) is 5.26 Å². The number of nitriles is 1. The van der Waals surface area contributed by atoms with Crippen LogP contribution < -0.4 is 15.1 Å². The van der Waals surface area contributed by atoms with E-state index < -0.39 is 0 Å². The van der Waals surface area contributed by atoms with Gasteiger partial charge in [-0.3, -0.25) is 14.5 Å². The predicted molar refractivity (Wildman–Crippen MR) is 126 cm³/mol. The van der Waals surface area contributed by atoms with Gasteiger partial charge in [-0.2, -0.15) is 5.26 Å². The molecule has 7 nitrogen and oxygen atoms in total. The van der Waals surface area contributed by atoms with Crippen LogP contribution in [-0.4, -0.2) is 62.5 Å². The highest BCUT2D eigenvalue weighted by molar-refractivity contribution is 5.95. The Kier molecular flexibility index (Phi) is 9.21.